The number of benzene rings is 1. The molecule has 1 aliphatic heterocycles. The summed E-state index contributed by atoms with van der Waals surface area (Å²) in [7, 11) is 3.56. The van der Waals surface area contributed by atoms with Gasteiger partial charge in [0.15, 0.2) is 5.96 Å². The Kier molecular flexibility index (Phi) is 10.2. The Labute approximate surface area is 181 Å². The van der Waals surface area contributed by atoms with Crippen molar-refractivity contribution in [1.82, 2.24) is 16.0 Å². The van der Waals surface area contributed by atoms with E-state index in [4.69, 9.17) is 4.74 Å². The summed E-state index contributed by atoms with van der Waals surface area (Å²) >= 11 is 0. The lowest BCUT2D eigenvalue weighted by atomic mass is 10.0. The summed E-state index contributed by atoms with van der Waals surface area (Å²) in [6.45, 7) is 10.3. The van der Waals surface area contributed by atoms with Crippen LogP contribution in [-0.2, 0) is 0 Å². The highest BCUT2D eigenvalue weighted by molar-refractivity contribution is 14.0. The summed E-state index contributed by atoms with van der Waals surface area (Å²) in [5.41, 5.74) is 1.30. The van der Waals surface area contributed by atoms with Crippen LogP contribution < -0.4 is 25.6 Å². The van der Waals surface area contributed by atoms with Crippen LogP contribution in [0.4, 0.5) is 5.69 Å². The molecule has 1 aromatic rings. The standard InChI is InChI=1S/C20H35N5O.HI/c1-20(2,3)23-13-12-22-19(21-4)24-16-9-8-14-25(15-16)17-10-6-7-11-18(17)26-5;/h6-7,10-11,16,23H,8-9,12-15H2,1-5H3,(H2,21,22,24);1H. The number of hydrogen-bond acceptors (Lipinski definition) is 4. The van der Waals surface area contributed by atoms with Crippen LogP contribution in [0.1, 0.15) is 33.6 Å². The number of nitrogens with one attached hydrogen (secondary N) is 3. The lowest BCUT2D eigenvalue weighted by molar-refractivity contribution is 0.408. The molecule has 6 nitrogen and oxygen atoms in total. The number of rotatable bonds is 6. The molecule has 3 N–H and O–H groups in total. The van der Waals surface area contributed by atoms with Crippen LogP contribution in [0.3, 0.4) is 0 Å². The van der Waals surface area contributed by atoms with Gasteiger partial charge in [-0.1, -0.05) is 12.1 Å². The maximum Gasteiger partial charge on any atom is 0.191 e. The predicted octanol–water partition coefficient (Wildman–Crippen LogP) is 2.84. The Bertz CT molecular complexity index is 588. The molecular weight excluding hydrogens is 453 g/mol. The quantitative estimate of drug-likeness (QED) is 0.248. The molecule has 0 amide bonds. The second kappa shape index (κ2) is 11.6. The zero-order chi connectivity index (χ0) is 19.0. The SMILES string of the molecule is CN=C(NCCNC(C)(C)C)NC1CCCN(c2ccccc2OC)C1.I. The minimum absolute atomic E-state index is 0. The fraction of sp³-hybridized carbons (Fsp3) is 0.650. The normalized spacial score (nSPS) is 17.9. The smallest absolute Gasteiger partial charge is 0.191 e. The number of halogens is 1. The molecule has 1 heterocycles. The fourth-order valence-electron chi connectivity index (χ4n) is 3.21. The number of para-hydroxylation sites is 2. The summed E-state index contributed by atoms with van der Waals surface area (Å²) in [4.78, 5) is 6.77. The summed E-state index contributed by atoms with van der Waals surface area (Å²) in [6.07, 6.45) is 2.30. The number of anilines is 1. The van der Waals surface area contributed by atoms with E-state index in [-0.39, 0.29) is 29.5 Å². The fourth-order valence-corrected chi connectivity index (χ4v) is 3.21. The van der Waals surface area contributed by atoms with E-state index in [0.717, 1.165) is 50.7 Å². The van der Waals surface area contributed by atoms with E-state index >= 15 is 0 Å². The second-order valence-electron chi connectivity index (χ2n) is 7.78. The molecule has 0 aliphatic carbocycles. The third kappa shape index (κ3) is 8.13. The second-order valence-corrected chi connectivity index (χ2v) is 7.78. The highest BCUT2D eigenvalue weighted by atomic mass is 127. The van der Waals surface area contributed by atoms with Gasteiger partial charge in [-0.15, -0.1) is 24.0 Å². The Morgan fingerprint density at radius 2 is 2.00 bits per heavy atom. The van der Waals surface area contributed by atoms with Crippen molar-refractivity contribution in [1.29, 1.82) is 0 Å². The van der Waals surface area contributed by atoms with Gasteiger partial charge < -0.3 is 25.6 Å². The van der Waals surface area contributed by atoms with Crippen LogP contribution in [0.5, 0.6) is 5.75 Å². The number of guanidine groups is 1. The Hall–Kier alpha value is -1.22. The van der Waals surface area contributed by atoms with Gasteiger partial charge in [-0.25, -0.2) is 0 Å². The molecule has 1 saturated heterocycles. The molecule has 1 atom stereocenters. The van der Waals surface area contributed by atoms with Crippen LogP contribution in [-0.4, -0.2) is 57.9 Å². The molecule has 2 rings (SSSR count). The summed E-state index contributed by atoms with van der Waals surface area (Å²) < 4.78 is 5.52. The van der Waals surface area contributed by atoms with Crippen molar-refractivity contribution in [2.75, 3.05) is 45.2 Å². The summed E-state index contributed by atoms with van der Waals surface area (Å²) in [6, 6.07) is 8.61. The van der Waals surface area contributed by atoms with Gasteiger partial charge in [-0.2, -0.15) is 0 Å². The largest absolute Gasteiger partial charge is 0.495 e. The average Bonchev–Trinajstić information content (AvgIpc) is 2.63. The third-order valence-electron chi connectivity index (χ3n) is 4.48. The first kappa shape index (κ1) is 23.8. The molecule has 0 radical (unpaired) electrons. The highest BCUT2D eigenvalue weighted by Crippen LogP contribution is 2.29. The molecule has 154 valence electrons. The molecule has 27 heavy (non-hydrogen) atoms. The van der Waals surface area contributed by atoms with Crippen molar-refractivity contribution in [3.8, 4) is 5.75 Å². The number of methoxy groups -OCH3 is 1. The van der Waals surface area contributed by atoms with Crippen LogP contribution in [0.25, 0.3) is 0 Å². The van der Waals surface area contributed by atoms with Crippen molar-refractivity contribution in [2.24, 2.45) is 4.99 Å². The monoisotopic (exact) mass is 489 g/mol. The first-order valence-electron chi connectivity index (χ1n) is 9.53. The molecule has 1 aliphatic rings. The predicted molar refractivity (Wildman–Crippen MR) is 126 cm³/mol. The van der Waals surface area contributed by atoms with Crippen molar-refractivity contribution < 1.29 is 4.74 Å². The summed E-state index contributed by atoms with van der Waals surface area (Å²) in [5, 5.41) is 10.4. The van der Waals surface area contributed by atoms with E-state index in [1.807, 2.05) is 19.2 Å². The lowest BCUT2D eigenvalue weighted by Gasteiger charge is -2.36. The minimum Gasteiger partial charge on any atom is -0.495 e. The average molecular weight is 489 g/mol. The maximum atomic E-state index is 5.52. The van der Waals surface area contributed by atoms with Crippen LogP contribution in [0.2, 0.25) is 0 Å². The van der Waals surface area contributed by atoms with Gasteiger partial charge in [0.1, 0.15) is 5.75 Å². The first-order chi connectivity index (χ1) is 12.4. The van der Waals surface area contributed by atoms with Crippen LogP contribution in [0, 0.1) is 0 Å². The van der Waals surface area contributed by atoms with Crippen molar-refractivity contribution in [3.63, 3.8) is 0 Å². The van der Waals surface area contributed by atoms with Crippen LogP contribution >= 0.6 is 24.0 Å². The molecule has 0 bridgehead atoms. The number of hydrogen-bond donors (Lipinski definition) is 3. The van der Waals surface area contributed by atoms with E-state index in [0.29, 0.717) is 6.04 Å². The van der Waals surface area contributed by atoms with Gasteiger partial charge in [0.2, 0.25) is 0 Å². The van der Waals surface area contributed by atoms with Gasteiger partial charge in [0.25, 0.3) is 0 Å². The minimum atomic E-state index is 0. The van der Waals surface area contributed by atoms with E-state index in [9.17, 15) is 0 Å². The zero-order valence-corrected chi connectivity index (χ0v) is 19.7. The molecule has 7 heteroatoms. The third-order valence-corrected chi connectivity index (χ3v) is 4.48. The van der Waals surface area contributed by atoms with Gasteiger partial charge in [-0.05, 0) is 45.7 Å². The van der Waals surface area contributed by atoms with Crippen molar-refractivity contribution in [2.45, 2.75) is 45.2 Å². The lowest BCUT2D eigenvalue weighted by Crippen LogP contribution is -2.52. The highest BCUT2D eigenvalue weighted by Gasteiger charge is 2.22. The topological polar surface area (TPSA) is 60.9 Å². The molecule has 0 saturated carbocycles. The molecule has 1 aromatic carbocycles. The van der Waals surface area contributed by atoms with E-state index in [1.165, 1.54) is 5.69 Å². The van der Waals surface area contributed by atoms with Gasteiger partial charge in [0.05, 0.1) is 12.8 Å². The first-order valence-corrected chi connectivity index (χ1v) is 9.53. The van der Waals surface area contributed by atoms with Crippen LogP contribution in [0.15, 0.2) is 29.3 Å². The molecule has 1 unspecified atom stereocenters. The Morgan fingerprint density at radius 3 is 2.67 bits per heavy atom. The number of piperidine rings is 1. The van der Waals surface area contributed by atoms with E-state index in [2.05, 4.69) is 58.7 Å². The van der Waals surface area contributed by atoms with Crippen molar-refractivity contribution >= 4 is 35.6 Å². The Morgan fingerprint density at radius 1 is 1.26 bits per heavy atom. The Balaban J connectivity index is 0.00000364. The number of nitrogens with zero attached hydrogens (tertiary/aromatic N) is 2. The van der Waals surface area contributed by atoms with Crippen molar-refractivity contribution in [3.05, 3.63) is 24.3 Å². The molecule has 0 aromatic heterocycles. The maximum absolute atomic E-state index is 5.52. The number of ether oxygens (including phenoxy) is 1. The van der Waals surface area contributed by atoms with E-state index in [1.54, 1.807) is 7.11 Å². The summed E-state index contributed by atoms with van der Waals surface area (Å²) in [5.74, 6) is 1.80. The zero-order valence-electron chi connectivity index (χ0n) is 17.3. The van der Waals surface area contributed by atoms with Gasteiger partial charge >= 0.3 is 0 Å². The van der Waals surface area contributed by atoms with Gasteiger partial charge in [-0.3, -0.25) is 4.99 Å². The van der Waals surface area contributed by atoms with Gasteiger partial charge in [0, 0.05) is 44.8 Å². The number of aliphatic imine (C=N–C) groups is 1. The molecular formula is C20H36IN5O. The molecule has 1 fully saturated rings. The molecule has 0 spiro atoms. The van der Waals surface area contributed by atoms with E-state index < -0.39 is 0 Å².